The molecule has 0 aromatic heterocycles. The molecule has 0 bridgehead atoms. The zero-order valence-corrected chi connectivity index (χ0v) is 23.9. The Morgan fingerprint density at radius 2 is 1.89 bits per heavy atom. The van der Waals surface area contributed by atoms with Gasteiger partial charge in [-0.15, -0.1) is 0 Å². The zero-order valence-electron chi connectivity index (χ0n) is 22.3. The number of aromatic hydroxyl groups is 1. The van der Waals surface area contributed by atoms with E-state index < -0.39 is 11.0 Å². The summed E-state index contributed by atoms with van der Waals surface area (Å²) in [6.45, 7) is 10.6. The van der Waals surface area contributed by atoms with Crippen molar-refractivity contribution >= 4 is 33.9 Å². The number of fused-ring (bicyclic) bond motifs is 1. The van der Waals surface area contributed by atoms with E-state index in [9.17, 15) is 14.1 Å². The fourth-order valence-electron chi connectivity index (χ4n) is 4.31. The van der Waals surface area contributed by atoms with Crippen LogP contribution in [-0.4, -0.2) is 84.0 Å². The lowest BCUT2D eigenvalue weighted by atomic mass is 10.1. The van der Waals surface area contributed by atoms with Crippen LogP contribution in [0, 0.1) is 0 Å². The highest BCUT2D eigenvalue weighted by Crippen LogP contribution is 2.11. The number of carbonyl (C=O) groups is 1. The van der Waals surface area contributed by atoms with Crippen LogP contribution >= 0.6 is 11.6 Å². The minimum absolute atomic E-state index is 0.0925. The van der Waals surface area contributed by atoms with E-state index in [0.717, 1.165) is 37.2 Å². The number of nitrogens with zero attached hydrogens (tertiary/aromatic N) is 3. The SMILES string of the molecule is CCN(CC)CCN(CCNCCc1ccc(O)c2c1=NS(=O)C=2)C(=O)CCOCCc1cccc(Cl)c1. The Hall–Kier alpha value is -2.30. The van der Waals surface area contributed by atoms with E-state index in [1.165, 1.54) is 5.41 Å². The summed E-state index contributed by atoms with van der Waals surface area (Å²) in [5.74, 6) is 0.192. The molecule has 0 saturated heterocycles. The van der Waals surface area contributed by atoms with Gasteiger partial charge in [-0.3, -0.25) is 4.79 Å². The van der Waals surface area contributed by atoms with Crippen molar-refractivity contribution in [2.45, 2.75) is 33.1 Å². The number of benzene rings is 2. The molecule has 8 nitrogen and oxygen atoms in total. The fourth-order valence-corrected chi connectivity index (χ4v) is 5.41. The van der Waals surface area contributed by atoms with Gasteiger partial charge < -0.3 is 25.0 Å². The molecule has 10 heteroatoms. The van der Waals surface area contributed by atoms with Gasteiger partial charge in [0, 0.05) is 36.6 Å². The molecule has 1 heterocycles. The molecule has 2 aromatic carbocycles. The standard InChI is InChI=1S/C28H39ClN4O4S/c1-3-32(4-2)16-17-33(27(35)12-19-37-18-11-22-6-5-7-24(29)20-22)15-14-30-13-10-23-8-9-26(34)25-21-38(36)31-28(23)25/h5-9,20-21,30,34H,3-4,10-19H2,1-2H3. The third-order valence-electron chi connectivity index (χ3n) is 6.62. The van der Waals surface area contributed by atoms with Crippen molar-refractivity contribution in [2.24, 2.45) is 4.40 Å². The molecule has 208 valence electrons. The van der Waals surface area contributed by atoms with Crippen LogP contribution in [0.15, 0.2) is 40.8 Å². The largest absolute Gasteiger partial charge is 0.507 e. The lowest BCUT2D eigenvalue weighted by molar-refractivity contribution is -0.132. The van der Waals surface area contributed by atoms with Crippen molar-refractivity contribution in [2.75, 3.05) is 59.0 Å². The first-order chi connectivity index (χ1) is 18.4. The molecular formula is C28H39ClN4O4S. The third-order valence-corrected chi connectivity index (χ3v) is 7.66. The first kappa shape index (κ1) is 30.2. The molecule has 1 atom stereocenters. The average molecular weight is 563 g/mol. The smallest absolute Gasteiger partial charge is 0.224 e. The van der Waals surface area contributed by atoms with Gasteiger partial charge in [0.05, 0.1) is 30.2 Å². The molecule has 1 aliphatic rings. The molecule has 0 spiro atoms. The van der Waals surface area contributed by atoms with E-state index in [4.69, 9.17) is 16.3 Å². The van der Waals surface area contributed by atoms with Gasteiger partial charge in [0.15, 0.2) is 11.0 Å². The Bertz CT molecular complexity index is 1210. The van der Waals surface area contributed by atoms with E-state index in [1.807, 2.05) is 35.2 Å². The molecule has 2 N–H and O–H groups in total. The van der Waals surface area contributed by atoms with E-state index in [-0.39, 0.29) is 11.7 Å². The van der Waals surface area contributed by atoms with Gasteiger partial charge in [0.1, 0.15) is 5.75 Å². The van der Waals surface area contributed by atoms with Crippen LogP contribution < -0.4 is 15.9 Å². The highest BCUT2D eigenvalue weighted by molar-refractivity contribution is 7.91. The van der Waals surface area contributed by atoms with Crippen molar-refractivity contribution in [3.8, 4) is 5.75 Å². The first-order valence-corrected chi connectivity index (χ1v) is 14.8. The highest BCUT2D eigenvalue weighted by atomic mass is 35.5. The second-order valence-electron chi connectivity index (χ2n) is 9.14. The van der Waals surface area contributed by atoms with Gasteiger partial charge in [-0.25, -0.2) is 4.21 Å². The Morgan fingerprint density at radius 3 is 2.66 bits per heavy atom. The molecular weight excluding hydrogens is 524 g/mol. The van der Waals surface area contributed by atoms with Crippen molar-refractivity contribution in [3.63, 3.8) is 0 Å². The quantitative estimate of drug-likeness (QED) is 0.287. The molecule has 1 unspecified atom stereocenters. The van der Waals surface area contributed by atoms with Crippen LogP contribution in [0.2, 0.25) is 5.02 Å². The van der Waals surface area contributed by atoms with Gasteiger partial charge in [0.2, 0.25) is 5.91 Å². The van der Waals surface area contributed by atoms with Crippen LogP contribution in [0.25, 0.3) is 5.41 Å². The van der Waals surface area contributed by atoms with E-state index >= 15 is 0 Å². The molecule has 38 heavy (non-hydrogen) atoms. The fraction of sp³-hybridized carbons (Fsp3) is 0.500. The van der Waals surface area contributed by atoms with Crippen LogP contribution in [0.4, 0.5) is 0 Å². The number of rotatable bonds is 17. The summed E-state index contributed by atoms with van der Waals surface area (Å²) in [5.41, 5.74) is 2.06. The Labute approximate surface area is 232 Å². The lowest BCUT2D eigenvalue weighted by Gasteiger charge is -2.27. The number of ether oxygens (including phenoxy) is 1. The predicted octanol–water partition coefficient (Wildman–Crippen LogP) is 2.03. The zero-order chi connectivity index (χ0) is 27.3. The number of likely N-dealkylation sites (N-methyl/N-ethyl adjacent to an activating group) is 1. The molecule has 0 radical (unpaired) electrons. The molecule has 1 amide bonds. The Kier molecular flexibility index (Phi) is 12.7. The van der Waals surface area contributed by atoms with Crippen LogP contribution in [-0.2, 0) is 33.4 Å². The van der Waals surface area contributed by atoms with Crippen molar-refractivity contribution < 1.29 is 18.8 Å². The van der Waals surface area contributed by atoms with Crippen LogP contribution in [0.5, 0.6) is 5.75 Å². The monoisotopic (exact) mass is 562 g/mol. The summed E-state index contributed by atoms with van der Waals surface area (Å²) in [7, 11) is -1.43. The number of hydrogen-bond acceptors (Lipinski definition) is 6. The Morgan fingerprint density at radius 1 is 1.08 bits per heavy atom. The summed E-state index contributed by atoms with van der Waals surface area (Å²) in [6, 6.07) is 11.2. The Balaban J connectivity index is 1.43. The van der Waals surface area contributed by atoms with E-state index in [0.29, 0.717) is 67.8 Å². The summed E-state index contributed by atoms with van der Waals surface area (Å²) >= 11 is 6.03. The minimum atomic E-state index is -1.43. The van der Waals surface area contributed by atoms with Gasteiger partial charge >= 0.3 is 0 Å². The molecule has 0 fully saturated rings. The number of carbonyl (C=O) groups excluding carboxylic acids is 1. The summed E-state index contributed by atoms with van der Waals surface area (Å²) in [6.07, 6.45) is 1.80. The third kappa shape index (κ3) is 9.47. The number of halogens is 1. The van der Waals surface area contributed by atoms with Gasteiger partial charge in [-0.05, 0) is 61.8 Å². The second kappa shape index (κ2) is 16.0. The second-order valence-corrected chi connectivity index (χ2v) is 10.5. The molecule has 3 rings (SSSR count). The maximum absolute atomic E-state index is 13.0. The van der Waals surface area contributed by atoms with Gasteiger partial charge in [-0.1, -0.05) is 43.6 Å². The molecule has 0 aliphatic carbocycles. The number of hydrogen-bond donors (Lipinski definition) is 2. The molecule has 2 aromatic rings. The van der Waals surface area contributed by atoms with E-state index in [2.05, 4.69) is 28.5 Å². The number of nitrogens with one attached hydrogen (secondary N) is 1. The van der Waals surface area contributed by atoms with Crippen molar-refractivity contribution in [3.05, 3.63) is 63.1 Å². The predicted molar refractivity (Wildman–Crippen MR) is 153 cm³/mol. The maximum Gasteiger partial charge on any atom is 0.224 e. The highest BCUT2D eigenvalue weighted by Gasteiger charge is 2.15. The summed E-state index contributed by atoms with van der Waals surface area (Å²) in [5, 5.41) is 16.7. The number of amides is 1. The van der Waals surface area contributed by atoms with Gasteiger partial charge in [-0.2, -0.15) is 4.40 Å². The topological polar surface area (TPSA) is 94.5 Å². The van der Waals surface area contributed by atoms with Crippen LogP contribution in [0.1, 0.15) is 31.4 Å². The first-order valence-electron chi connectivity index (χ1n) is 13.3. The molecule has 1 aliphatic heterocycles. The van der Waals surface area contributed by atoms with Crippen LogP contribution in [0.3, 0.4) is 0 Å². The van der Waals surface area contributed by atoms with Crippen molar-refractivity contribution in [1.82, 2.24) is 15.1 Å². The summed E-state index contributed by atoms with van der Waals surface area (Å²) in [4.78, 5) is 17.2. The maximum atomic E-state index is 13.0. The summed E-state index contributed by atoms with van der Waals surface area (Å²) < 4.78 is 21.6. The number of phenols is 1. The average Bonchev–Trinajstić information content (AvgIpc) is 3.31. The normalized spacial score (nSPS) is 14.3. The van der Waals surface area contributed by atoms with Crippen molar-refractivity contribution in [1.29, 1.82) is 0 Å². The number of phenolic OH excluding ortho intramolecular Hbond substituents is 1. The van der Waals surface area contributed by atoms with E-state index in [1.54, 1.807) is 6.07 Å². The lowest BCUT2D eigenvalue weighted by Crippen LogP contribution is -2.42. The van der Waals surface area contributed by atoms with Gasteiger partial charge in [0.25, 0.3) is 0 Å². The minimum Gasteiger partial charge on any atom is -0.507 e. The molecule has 0 saturated carbocycles.